The third kappa shape index (κ3) is 2.14. The van der Waals surface area contributed by atoms with Crippen LogP contribution < -0.4 is 0 Å². The molecule has 1 heterocycles. The summed E-state index contributed by atoms with van der Waals surface area (Å²) in [5.41, 5.74) is 1.92. The van der Waals surface area contributed by atoms with Crippen LogP contribution in [0.25, 0.3) is 5.57 Å². The number of hydrogen-bond acceptors (Lipinski definition) is 2. The largest absolute Gasteiger partial charge is 0.197 e. The zero-order chi connectivity index (χ0) is 13.1. The van der Waals surface area contributed by atoms with Crippen LogP contribution >= 0.6 is 11.3 Å². The van der Waals surface area contributed by atoms with Gasteiger partial charge in [0.1, 0.15) is 5.41 Å². The minimum atomic E-state index is -0.480. The highest BCUT2D eigenvalue weighted by molar-refractivity contribution is 7.10. The van der Waals surface area contributed by atoms with E-state index in [-0.39, 0.29) is 0 Å². The highest BCUT2D eigenvalue weighted by atomic mass is 32.1. The number of thiophene rings is 1. The molecule has 0 saturated heterocycles. The van der Waals surface area contributed by atoms with Gasteiger partial charge in [0, 0.05) is 4.88 Å². The highest BCUT2D eigenvalue weighted by Gasteiger charge is 2.31. The van der Waals surface area contributed by atoms with Crippen LogP contribution in [-0.2, 0) is 5.41 Å². The van der Waals surface area contributed by atoms with Gasteiger partial charge in [-0.25, -0.2) is 0 Å². The Morgan fingerprint density at radius 3 is 2.53 bits per heavy atom. The number of nitriles is 1. The van der Waals surface area contributed by atoms with E-state index in [1.807, 2.05) is 41.8 Å². The Balaban J connectivity index is 1.93. The molecule has 1 aromatic carbocycles. The molecule has 0 bridgehead atoms. The summed E-state index contributed by atoms with van der Waals surface area (Å²) < 4.78 is 0. The quantitative estimate of drug-likeness (QED) is 0.779. The van der Waals surface area contributed by atoms with Crippen LogP contribution in [0.5, 0.6) is 0 Å². The van der Waals surface area contributed by atoms with Crippen LogP contribution in [0.3, 0.4) is 0 Å². The number of nitrogens with zero attached hydrogens (tertiary/aromatic N) is 1. The fourth-order valence-electron chi connectivity index (χ4n) is 2.34. The minimum absolute atomic E-state index is 0.480. The molecule has 2 aromatic rings. The Kier molecular flexibility index (Phi) is 3.06. The van der Waals surface area contributed by atoms with Crippen molar-refractivity contribution in [3.63, 3.8) is 0 Å². The van der Waals surface area contributed by atoms with E-state index in [0.29, 0.717) is 0 Å². The smallest absolute Gasteiger partial charge is 0.113 e. The molecule has 1 aliphatic rings. The maximum atomic E-state index is 9.55. The fraction of sp³-hybridized carbons (Fsp3) is 0.118. The van der Waals surface area contributed by atoms with Crippen LogP contribution in [0.1, 0.15) is 16.9 Å². The molecule has 0 spiro atoms. The number of benzene rings is 1. The highest BCUT2D eigenvalue weighted by Crippen LogP contribution is 2.38. The van der Waals surface area contributed by atoms with Crippen molar-refractivity contribution in [1.29, 1.82) is 5.26 Å². The predicted octanol–water partition coefficient (Wildman–Crippen LogP) is 4.55. The number of hydrogen-bond donors (Lipinski definition) is 0. The predicted molar refractivity (Wildman–Crippen MR) is 79.8 cm³/mol. The van der Waals surface area contributed by atoms with Gasteiger partial charge in [0.05, 0.1) is 6.07 Å². The van der Waals surface area contributed by atoms with Crippen LogP contribution in [-0.4, -0.2) is 0 Å². The zero-order valence-corrected chi connectivity index (χ0v) is 11.2. The third-order valence-electron chi connectivity index (χ3n) is 3.46. The molecule has 1 aliphatic carbocycles. The van der Waals surface area contributed by atoms with E-state index in [4.69, 9.17) is 0 Å². The van der Waals surface area contributed by atoms with Crippen molar-refractivity contribution in [2.45, 2.75) is 11.8 Å². The van der Waals surface area contributed by atoms with Gasteiger partial charge in [0.25, 0.3) is 0 Å². The first kappa shape index (κ1) is 12.0. The summed E-state index contributed by atoms with van der Waals surface area (Å²) in [6.45, 7) is 0. The summed E-state index contributed by atoms with van der Waals surface area (Å²) in [4.78, 5) is 1.12. The molecule has 19 heavy (non-hydrogen) atoms. The molecule has 0 radical (unpaired) electrons. The topological polar surface area (TPSA) is 23.8 Å². The molecule has 1 atom stereocenters. The van der Waals surface area contributed by atoms with Gasteiger partial charge in [-0.2, -0.15) is 5.26 Å². The maximum Gasteiger partial charge on any atom is 0.113 e. The normalized spacial score (nSPS) is 21.7. The van der Waals surface area contributed by atoms with Crippen molar-refractivity contribution in [3.05, 3.63) is 76.5 Å². The average molecular weight is 263 g/mol. The number of allylic oxidation sites excluding steroid dienone is 4. The standard InChI is InChI=1S/C17H13NS/c18-13-17(16-7-4-12-19-16)10-8-15(9-11-17)14-5-2-1-3-6-14/h1-10,12H,11H2. The molecule has 1 nitrogen and oxygen atoms in total. The first-order chi connectivity index (χ1) is 9.34. The Morgan fingerprint density at radius 2 is 1.95 bits per heavy atom. The lowest BCUT2D eigenvalue weighted by molar-refractivity contribution is 0.708. The van der Waals surface area contributed by atoms with Crippen molar-refractivity contribution in [3.8, 4) is 6.07 Å². The van der Waals surface area contributed by atoms with E-state index < -0.39 is 5.41 Å². The van der Waals surface area contributed by atoms with Crippen LogP contribution in [0.4, 0.5) is 0 Å². The average Bonchev–Trinajstić information content (AvgIpc) is 3.03. The van der Waals surface area contributed by atoms with Gasteiger partial charge in [0.15, 0.2) is 0 Å². The zero-order valence-electron chi connectivity index (χ0n) is 10.4. The first-order valence-electron chi connectivity index (χ1n) is 6.24. The second-order valence-electron chi connectivity index (χ2n) is 4.62. The molecule has 0 amide bonds. The maximum absolute atomic E-state index is 9.55. The Labute approximate surface area is 117 Å². The van der Waals surface area contributed by atoms with Crippen molar-refractivity contribution in [1.82, 2.24) is 0 Å². The summed E-state index contributed by atoms with van der Waals surface area (Å²) in [6.07, 6.45) is 7.02. The molecule has 2 heteroatoms. The van der Waals surface area contributed by atoms with Gasteiger partial charge in [-0.1, -0.05) is 54.6 Å². The fourth-order valence-corrected chi connectivity index (χ4v) is 3.21. The molecule has 3 rings (SSSR count). The first-order valence-corrected chi connectivity index (χ1v) is 7.12. The van der Waals surface area contributed by atoms with Gasteiger partial charge >= 0.3 is 0 Å². The summed E-state index contributed by atoms with van der Waals surface area (Å²) in [5.74, 6) is 0. The third-order valence-corrected chi connectivity index (χ3v) is 4.51. The van der Waals surface area contributed by atoms with E-state index >= 15 is 0 Å². The molecule has 0 fully saturated rings. The molecule has 0 aliphatic heterocycles. The van der Waals surface area contributed by atoms with E-state index in [2.05, 4.69) is 30.4 Å². The van der Waals surface area contributed by atoms with Gasteiger partial charge < -0.3 is 0 Å². The lowest BCUT2D eigenvalue weighted by Crippen LogP contribution is -2.20. The number of rotatable bonds is 2. The second-order valence-corrected chi connectivity index (χ2v) is 5.57. The van der Waals surface area contributed by atoms with Gasteiger partial charge in [0.2, 0.25) is 0 Å². The minimum Gasteiger partial charge on any atom is -0.197 e. The van der Waals surface area contributed by atoms with Crippen molar-refractivity contribution in [2.75, 3.05) is 0 Å². The van der Waals surface area contributed by atoms with Crippen LogP contribution in [0.15, 0.2) is 66.1 Å². The summed E-state index contributed by atoms with van der Waals surface area (Å²) >= 11 is 1.65. The van der Waals surface area contributed by atoms with E-state index in [1.54, 1.807) is 11.3 Å². The van der Waals surface area contributed by atoms with Crippen LogP contribution in [0.2, 0.25) is 0 Å². The van der Waals surface area contributed by atoms with Crippen LogP contribution in [0, 0.1) is 11.3 Å². The monoisotopic (exact) mass is 263 g/mol. The van der Waals surface area contributed by atoms with E-state index in [1.165, 1.54) is 11.1 Å². The molecular formula is C17H13NS. The molecular weight excluding hydrogens is 250 g/mol. The van der Waals surface area contributed by atoms with E-state index in [9.17, 15) is 5.26 Å². The molecule has 1 unspecified atom stereocenters. The van der Waals surface area contributed by atoms with Gasteiger partial charge in [-0.05, 0) is 29.0 Å². The summed E-state index contributed by atoms with van der Waals surface area (Å²) in [5, 5.41) is 11.6. The van der Waals surface area contributed by atoms with Crippen molar-refractivity contribution in [2.24, 2.45) is 0 Å². The lowest BCUT2D eigenvalue weighted by atomic mass is 9.79. The Morgan fingerprint density at radius 1 is 1.11 bits per heavy atom. The lowest BCUT2D eigenvalue weighted by Gasteiger charge is -2.24. The summed E-state index contributed by atoms with van der Waals surface area (Å²) in [6, 6.07) is 16.8. The van der Waals surface area contributed by atoms with Crippen molar-refractivity contribution < 1.29 is 0 Å². The van der Waals surface area contributed by atoms with Crippen molar-refractivity contribution >= 4 is 16.9 Å². The summed E-state index contributed by atoms with van der Waals surface area (Å²) in [7, 11) is 0. The molecule has 0 N–H and O–H groups in total. The molecule has 92 valence electrons. The molecule has 1 aromatic heterocycles. The Bertz CT molecular complexity index is 659. The second kappa shape index (κ2) is 4.87. The molecule has 0 saturated carbocycles. The van der Waals surface area contributed by atoms with Gasteiger partial charge in [-0.3, -0.25) is 0 Å². The SMILES string of the molecule is N#CC1(c2cccs2)C=CC(c2ccccc2)=CC1. The van der Waals surface area contributed by atoms with E-state index in [0.717, 1.165) is 11.3 Å². The Hall–Kier alpha value is -2.11. The van der Waals surface area contributed by atoms with Gasteiger partial charge in [-0.15, -0.1) is 11.3 Å².